The van der Waals surface area contributed by atoms with Crippen LogP contribution in [0.4, 0.5) is 0 Å². The second kappa shape index (κ2) is 6.29. The average Bonchev–Trinajstić information content (AvgIpc) is 3.14. The minimum atomic E-state index is -0.764. The van der Waals surface area contributed by atoms with Gasteiger partial charge in [-0.2, -0.15) is 4.98 Å². The van der Waals surface area contributed by atoms with E-state index in [1.165, 1.54) is 6.92 Å². The van der Waals surface area contributed by atoms with Gasteiger partial charge in [0.15, 0.2) is 11.5 Å². The first-order chi connectivity index (χ1) is 11.8. The molecule has 130 valence electrons. The molecular formula is C16H17ClN6O2. The summed E-state index contributed by atoms with van der Waals surface area (Å²) in [5.74, 6) is 0.394. The summed E-state index contributed by atoms with van der Waals surface area (Å²) in [5, 5.41) is 15.5. The van der Waals surface area contributed by atoms with Crippen molar-refractivity contribution < 1.29 is 9.32 Å². The van der Waals surface area contributed by atoms with E-state index in [1.54, 1.807) is 24.6 Å². The zero-order valence-corrected chi connectivity index (χ0v) is 15.0. The molecule has 8 nitrogen and oxygen atoms in total. The molecule has 0 aliphatic rings. The van der Waals surface area contributed by atoms with Gasteiger partial charge in [0.25, 0.3) is 5.89 Å². The van der Waals surface area contributed by atoms with Crippen molar-refractivity contribution in [3.8, 4) is 17.3 Å². The van der Waals surface area contributed by atoms with Crippen molar-refractivity contribution in [2.24, 2.45) is 0 Å². The Kier molecular flexibility index (Phi) is 4.30. The van der Waals surface area contributed by atoms with Crippen LogP contribution in [-0.2, 0) is 10.3 Å². The minimum absolute atomic E-state index is 0.183. The molecule has 0 unspecified atom stereocenters. The van der Waals surface area contributed by atoms with Gasteiger partial charge < -0.3 is 9.84 Å². The van der Waals surface area contributed by atoms with Gasteiger partial charge in [0.2, 0.25) is 5.91 Å². The van der Waals surface area contributed by atoms with Crippen molar-refractivity contribution in [3.63, 3.8) is 0 Å². The summed E-state index contributed by atoms with van der Waals surface area (Å²) in [6.45, 7) is 6.84. The van der Waals surface area contributed by atoms with E-state index in [0.29, 0.717) is 27.9 Å². The zero-order chi connectivity index (χ0) is 18.2. The van der Waals surface area contributed by atoms with Gasteiger partial charge in [0.1, 0.15) is 0 Å². The lowest BCUT2D eigenvalue weighted by atomic mass is 10.1. The third kappa shape index (κ3) is 3.25. The lowest BCUT2D eigenvalue weighted by molar-refractivity contribution is -0.120. The second-order valence-electron chi connectivity index (χ2n) is 6.12. The van der Waals surface area contributed by atoms with Crippen molar-refractivity contribution in [2.45, 2.75) is 33.2 Å². The molecule has 0 fully saturated rings. The van der Waals surface area contributed by atoms with E-state index in [0.717, 1.165) is 0 Å². The van der Waals surface area contributed by atoms with E-state index >= 15 is 0 Å². The van der Waals surface area contributed by atoms with Crippen molar-refractivity contribution in [2.75, 3.05) is 0 Å². The number of amides is 1. The van der Waals surface area contributed by atoms with Crippen molar-refractivity contribution in [1.82, 2.24) is 30.5 Å². The highest BCUT2D eigenvalue weighted by atomic mass is 35.5. The number of nitrogens with zero attached hydrogens (tertiary/aromatic N) is 5. The molecule has 3 aromatic rings. The second-order valence-corrected chi connectivity index (χ2v) is 6.52. The van der Waals surface area contributed by atoms with Gasteiger partial charge in [-0.05, 0) is 32.9 Å². The number of halogens is 1. The van der Waals surface area contributed by atoms with Gasteiger partial charge in [0.05, 0.1) is 21.9 Å². The van der Waals surface area contributed by atoms with Crippen molar-refractivity contribution in [1.29, 1.82) is 0 Å². The maximum Gasteiger partial charge on any atom is 0.280 e. The molecule has 0 radical (unpaired) electrons. The standard InChI is InChI=1S/C16H17ClN6O2/c1-9-13(20-22-23(9)12-8-6-5-7-11(12)17)14-18-15(21-25-14)16(3,4)19-10(2)24/h5-8H,1-4H3,(H,19,24). The monoisotopic (exact) mass is 360 g/mol. The predicted molar refractivity (Wildman–Crippen MR) is 91.2 cm³/mol. The predicted octanol–water partition coefficient (Wildman–Crippen LogP) is 2.65. The van der Waals surface area contributed by atoms with Gasteiger partial charge in [0, 0.05) is 6.92 Å². The van der Waals surface area contributed by atoms with Crippen LogP contribution in [0.5, 0.6) is 0 Å². The Morgan fingerprint density at radius 2 is 2.04 bits per heavy atom. The van der Waals surface area contributed by atoms with E-state index in [4.69, 9.17) is 16.1 Å². The fourth-order valence-corrected chi connectivity index (χ4v) is 2.66. The van der Waals surface area contributed by atoms with Crippen LogP contribution in [0.2, 0.25) is 5.02 Å². The number of carbonyl (C=O) groups excluding carboxylic acids is 1. The first-order valence-corrected chi connectivity index (χ1v) is 7.98. The molecule has 1 N–H and O–H groups in total. The molecular weight excluding hydrogens is 344 g/mol. The van der Waals surface area contributed by atoms with Gasteiger partial charge in [-0.15, -0.1) is 5.10 Å². The topological polar surface area (TPSA) is 98.7 Å². The van der Waals surface area contributed by atoms with Crippen LogP contribution in [0, 0.1) is 6.92 Å². The van der Waals surface area contributed by atoms with Crippen LogP contribution in [0.15, 0.2) is 28.8 Å². The number of aromatic nitrogens is 5. The number of hydrogen-bond donors (Lipinski definition) is 1. The molecule has 0 aliphatic heterocycles. The molecule has 0 atom stereocenters. The summed E-state index contributed by atoms with van der Waals surface area (Å²) in [7, 11) is 0. The van der Waals surface area contributed by atoms with Gasteiger partial charge in [-0.1, -0.05) is 34.1 Å². The van der Waals surface area contributed by atoms with Crippen LogP contribution >= 0.6 is 11.6 Å². The van der Waals surface area contributed by atoms with Gasteiger partial charge in [-0.3, -0.25) is 4.79 Å². The highest BCUT2D eigenvalue weighted by Crippen LogP contribution is 2.26. The number of rotatable bonds is 4. The zero-order valence-electron chi connectivity index (χ0n) is 14.2. The van der Waals surface area contributed by atoms with E-state index in [2.05, 4.69) is 25.8 Å². The molecule has 1 aromatic carbocycles. The molecule has 1 amide bonds. The first-order valence-electron chi connectivity index (χ1n) is 7.60. The molecule has 0 saturated carbocycles. The first kappa shape index (κ1) is 17.1. The maximum absolute atomic E-state index is 11.3. The van der Waals surface area contributed by atoms with Crippen molar-refractivity contribution in [3.05, 3.63) is 40.8 Å². The van der Waals surface area contributed by atoms with Crippen LogP contribution in [0.25, 0.3) is 17.3 Å². The summed E-state index contributed by atoms with van der Waals surface area (Å²) in [4.78, 5) is 15.7. The summed E-state index contributed by atoms with van der Waals surface area (Å²) < 4.78 is 6.93. The largest absolute Gasteiger partial charge is 0.344 e. The molecule has 0 spiro atoms. The molecule has 2 heterocycles. The van der Waals surface area contributed by atoms with Crippen LogP contribution < -0.4 is 5.32 Å². The molecule has 3 rings (SSSR count). The number of benzene rings is 1. The lowest BCUT2D eigenvalue weighted by Crippen LogP contribution is -2.40. The number of hydrogen-bond acceptors (Lipinski definition) is 6. The Hall–Kier alpha value is -2.74. The SMILES string of the molecule is CC(=O)NC(C)(C)c1noc(-c2nnn(-c3ccccc3Cl)c2C)n1. The highest BCUT2D eigenvalue weighted by Gasteiger charge is 2.29. The summed E-state index contributed by atoms with van der Waals surface area (Å²) in [6, 6.07) is 7.32. The van der Waals surface area contributed by atoms with E-state index < -0.39 is 5.54 Å². The molecule has 0 aliphatic carbocycles. The lowest BCUT2D eigenvalue weighted by Gasteiger charge is -2.20. The number of nitrogens with one attached hydrogen (secondary N) is 1. The molecule has 2 aromatic heterocycles. The Bertz CT molecular complexity index is 930. The Labute approximate surface area is 149 Å². The third-order valence-corrected chi connectivity index (χ3v) is 3.97. The fourth-order valence-electron chi connectivity index (χ4n) is 2.45. The van der Waals surface area contributed by atoms with Crippen LogP contribution in [0.1, 0.15) is 32.3 Å². The Balaban J connectivity index is 1.97. The average molecular weight is 361 g/mol. The molecule has 9 heteroatoms. The van der Waals surface area contributed by atoms with Crippen LogP contribution in [0.3, 0.4) is 0 Å². The van der Waals surface area contributed by atoms with E-state index in [-0.39, 0.29) is 11.8 Å². The summed E-state index contributed by atoms with van der Waals surface area (Å²) in [6.07, 6.45) is 0. The molecule has 0 bridgehead atoms. The van der Waals surface area contributed by atoms with E-state index in [1.807, 2.05) is 25.1 Å². The normalized spacial score (nSPS) is 11.6. The Morgan fingerprint density at radius 3 is 2.72 bits per heavy atom. The minimum Gasteiger partial charge on any atom is -0.344 e. The Morgan fingerprint density at radius 1 is 1.32 bits per heavy atom. The summed E-state index contributed by atoms with van der Waals surface area (Å²) in [5.41, 5.74) is 1.11. The van der Waals surface area contributed by atoms with Crippen LogP contribution in [-0.4, -0.2) is 31.0 Å². The van der Waals surface area contributed by atoms with Gasteiger partial charge >= 0.3 is 0 Å². The summed E-state index contributed by atoms with van der Waals surface area (Å²) >= 11 is 6.22. The smallest absolute Gasteiger partial charge is 0.280 e. The molecule has 0 saturated heterocycles. The van der Waals surface area contributed by atoms with Crippen molar-refractivity contribution >= 4 is 17.5 Å². The molecule has 25 heavy (non-hydrogen) atoms. The quantitative estimate of drug-likeness (QED) is 0.767. The number of carbonyl (C=O) groups is 1. The third-order valence-electron chi connectivity index (χ3n) is 3.65. The van der Waals surface area contributed by atoms with Gasteiger partial charge in [-0.25, -0.2) is 4.68 Å². The highest BCUT2D eigenvalue weighted by molar-refractivity contribution is 6.32. The maximum atomic E-state index is 11.3. The number of para-hydroxylation sites is 1. The fraction of sp³-hybridized carbons (Fsp3) is 0.312. The van der Waals surface area contributed by atoms with E-state index in [9.17, 15) is 4.79 Å².